The summed E-state index contributed by atoms with van der Waals surface area (Å²) in [6.45, 7) is 5.02. The number of hydrogen-bond acceptors (Lipinski definition) is 3. The van der Waals surface area contributed by atoms with Crippen LogP contribution in [-0.2, 0) is 4.79 Å². The van der Waals surface area contributed by atoms with E-state index < -0.39 is 29.1 Å². The Hall–Kier alpha value is -1.63. The maximum atomic E-state index is 12.5. The molecule has 0 radical (unpaired) electrons. The van der Waals surface area contributed by atoms with Crippen LogP contribution in [0.15, 0.2) is 29.2 Å². The molecule has 1 rings (SSSR count). The van der Waals surface area contributed by atoms with Gasteiger partial charge in [-0.05, 0) is 17.5 Å². The maximum Gasteiger partial charge on any atom is 0.326 e. The number of amides is 1. The van der Waals surface area contributed by atoms with Gasteiger partial charge in [-0.2, -0.15) is 8.78 Å². The normalized spacial score (nSPS) is 13.0. The van der Waals surface area contributed by atoms with Crippen LogP contribution in [0.3, 0.4) is 0 Å². The van der Waals surface area contributed by atoms with Crippen molar-refractivity contribution >= 4 is 23.6 Å². The summed E-state index contributed by atoms with van der Waals surface area (Å²) in [5.74, 6) is -4.51. The molecule has 0 saturated heterocycles. The van der Waals surface area contributed by atoms with Crippen molar-refractivity contribution < 1.29 is 23.5 Å². The molecule has 4 nitrogen and oxygen atoms in total. The number of carbonyl (C=O) groups is 2. The highest BCUT2D eigenvalue weighted by atomic mass is 32.2. The number of alkyl halides is 2. The third kappa shape index (κ3) is 5.00. The van der Waals surface area contributed by atoms with E-state index >= 15 is 0 Å². The van der Waals surface area contributed by atoms with Crippen molar-refractivity contribution in [1.82, 2.24) is 5.32 Å². The average Bonchev–Trinajstić information content (AvgIpc) is 2.33. The molecule has 0 aliphatic rings. The van der Waals surface area contributed by atoms with Gasteiger partial charge in [0.25, 0.3) is 11.7 Å². The van der Waals surface area contributed by atoms with Gasteiger partial charge in [-0.1, -0.05) is 44.7 Å². The van der Waals surface area contributed by atoms with Crippen molar-refractivity contribution in [3.05, 3.63) is 29.8 Å². The lowest BCUT2D eigenvalue weighted by molar-refractivity contribution is -0.142. The Bertz CT molecular complexity index is 529. The SMILES string of the molecule is CC(C)(C)[C@@H](NC(=O)c1ccccc1SC(F)F)C(=O)O. The molecular weight excluding hydrogens is 300 g/mol. The fourth-order valence-electron chi connectivity index (χ4n) is 1.71. The summed E-state index contributed by atoms with van der Waals surface area (Å²) in [4.78, 5) is 23.5. The van der Waals surface area contributed by atoms with Crippen molar-refractivity contribution in [2.75, 3.05) is 0 Å². The first kappa shape index (κ1) is 17.4. The van der Waals surface area contributed by atoms with Crippen LogP contribution >= 0.6 is 11.8 Å². The van der Waals surface area contributed by atoms with Crippen LogP contribution in [0.4, 0.5) is 8.78 Å². The predicted octanol–water partition coefficient (Wildman–Crippen LogP) is 3.23. The van der Waals surface area contributed by atoms with Gasteiger partial charge in [0.1, 0.15) is 6.04 Å². The maximum absolute atomic E-state index is 12.5. The third-order valence-electron chi connectivity index (χ3n) is 2.74. The Morgan fingerprint density at radius 2 is 1.81 bits per heavy atom. The lowest BCUT2D eigenvalue weighted by Crippen LogP contribution is -2.49. The van der Waals surface area contributed by atoms with E-state index in [1.165, 1.54) is 18.2 Å². The summed E-state index contributed by atoms with van der Waals surface area (Å²) in [6.07, 6.45) is 0. The molecule has 0 aliphatic carbocycles. The van der Waals surface area contributed by atoms with E-state index in [-0.39, 0.29) is 22.2 Å². The van der Waals surface area contributed by atoms with Gasteiger partial charge in [0.15, 0.2) is 0 Å². The molecule has 21 heavy (non-hydrogen) atoms. The number of carboxylic acids is 1. The topological polar surface area (TPSA) is 66.4 Å². The number of carbonyl (C=O) groups excluding carboxylic acids is 1. The number of hydrogen-bond donors (Lipinski definition) is 2. The number of halogens is 2. The second-order valence-electron chi connectivity index (χ2n) is 5.49. The van der Waals surface area contributed by atoms with Gasteiger partial charge in [-0.25, -0.2) is 4.79 Å². The minimum absolute atomic E-state index is 0.0401. The summed E-state index contributed by atoms with van der Waals surface area (Å²) in [6, 6.07) is 4.76. The van der Waals surface area contributed by atoms with Crippen LogP contribution in [0.2, 0.25) is 0 Å². The first-order valence-electron chi connectivity index (χ1n) is 6.20. The van der Waals surface area contributed by atoms with Crippen LogP contribution in [0, 0.1) is 5.41 Å². The average molecular weight is 317 g/mol. The van der Waals surface area contributed by atoms with Gasteiger partial charge in [-0.3, -0.25) is 4.79 Å². The van der Waals surface area contributed by atoms with E-state index in [1.807, 2.05) is 0 Å². The number of aliphatic carboxylic acids is 1. The lowest BCUT2D eigenvalue weighted by Gasteiger charge is -2.28. The molecule has 0 aliphatic heterocycles. The quantitative estimate of drug-likeness (QED) is 0.818. The second kappa shape index (κ2) is 6.89. The van der Waals surface area contributed by atoms with Gasteiger partial charge >= 0.3 is 5.97 Å². The van der Waals surface area contributed by atoms with Crippen molar-refractivity contribution in [2.24, 2.45) is 5.41 Å². The second-order valence-corrected chi connectivity index (χ2v) is 6.52. The molecular formula is C14H17F2NO3S. The van der Waals surface area contributed by atoms with Crippen molar-refractivity contribution in [1.29, 1.82) is 0 Å². The van der Waals surface area contributed by atoms with Gasteiger partial charge in [0, 0.05) is 4.90 Å². The van der Waals surface area contributed by atoms with Crippen LogP contribution in [-0.4, -0.2) is 28.8 Å². The minimum atomic E-state index is -2.66. The highest BCUT2D eigenvalue weighted by Gasteiger charge is 2.33. The molecule has 2 N–H and O–H groups in total. The lowest BCUT2D eigenvalue weighted by atomic mass is 9.86. The smallest absolute Gasteiger partial charge is 0.326 e. The molecule has 1 aromatic carbocycles. The van der Waals surface area contributed by atoms with Crippen LogP contribution in [0.25, 0.3) is 0 Å². The highest BCUT2D eigenvalue weighted by molar-refractivity contribution is 7.99. The Morgan fingerprint density at radius 3 is 2.29 bits per heavy atom. The molecule has 0 saturated carbocycles. The highest BCUT2D eigenvalue weighted by Crippen LogP contribution is 2.29. The Kier molecular flexibility index (Phi) is 5.71. The van der Waals surface area contributed by atoms with E-state index in [2.05, 4.69) is 5.32 Å². The predicted molar refractivity (Wildman–Crippen MR) is 76.6 cm³/mol. The molecule has 7 heteroatoms. The zero-order valence-corrected chi connectivity index (χ0v) is 12.7. The van der Waals surface area contributed by atoms with E-state index in [0.29, 0.717) is 0 Å². The monoisotopic (exact) mass is 317 g/mol. The third-order valence-corrected chi connectivity index (χ3v) is 3.52. The van der Waals surface area contributed by atoms with E-state index in [4.69, 9.17) is 0 Å². The zero-order chi connectivity index (χ0) is 16.2. The number of nitrogens with one attached hydrogen (secondary N) is 1. The first-order valence-corrected chi connectivity index (χ1v) is 7.08. The fourth-order valence-corrected chi connectivity index (χ4v) is 2.35. The van der Waals surface area contributed by atoms with Crippen molar-refractivity contribution in [2.45, 2.75) is 37.5 Å². The molecule has 1 amide bonds. The zero-order valence-electron chi connectivity index (χ0n) is 11.9. The van der Waals surface area contributed by atoms with Crippen LogP contribution in [0.1, 0.15) is 31.1 Å². The van der Waals surface area contributed by atoms with E-state index in [0.717, 1.165) is 0 Å². The summed E-state index contributed by atoms with van der Waals surface area (Å²) in [7, 11) is 0. The Labute approximate surface area is 125 Å². The Balaban J connectivity index is 3.01. The fraction of sp³-hybridized carbons (Fsp3) is 0.429. The molecule has 116 valence electrons. The molecule has 0 fully saturated rings. The summed E-state index contributed by atoms with van der Waals surface area (Å²) in [5.41, 5.74) is -0.662. The number of rotatable bonds is 5. The summed E-state index contributed by atoms with van der Waals surface area (Å²) >= 11 is 0.255. The van der Waals surface area contributed by atoms with Crippen LogP contribution < -0.4 is 5.32 Å². The molecule has 1 atom stereocenters. The number of benzene rings is 1. The van der Waals surface area contributed by atoms with Gasteiger partial charge < -0.3 is 10.4 Å². The molecule has 0 unspecified atom stereocenters. The summed E-state index contributed by atoms with van der Waals surface area (Å²) in [5, 5.41) is 11.6. The van der Waals surface area contributed by atoms with Crippen LogP contribution in [0.5, 0.6) is 0 Å². The minimum Gasteiger partial charge on any atom is -0.480 e. The number of thioether (sulfide) groups is 1. The van der Waals surface area contributed by atoms with Gasteiger partial charge in [0.05, 0.1) is 5.56 Å². The molecule has 0 aromatic heterocycles. The van der Waals surface area contributed by atoms with E-state index in [9.17, 15) is 23.5 Å². The molecule has 0 bridgehead atoms. The van der Waals surface area contributed by atoms with Crippen molar-refractivity contribution in [3.8, 4) is 0 Å². The van der Waals surface area contributed by atoms with Gasteiger partial charge in [0.2, 0.25) is 0 Å². The number of carboxylic acid groups (broad SMARTS) is 1. The molecule has 1 aromatic rings. The Morgan fingerprint density at radius 1 is 1.24 bits per heavy atom. The first-order chi connectivity index (χ1) is 9.62. The van der Waals surface area contributed by atoms with Crippen molar-refractivity contribution in [3.63, 3.8) is 0 Å². The van der Waals surface area contributed by atoms with E-state index in [1.54, 1.807) is 26.8 Å². The molecule has 0 heterocycles. The standard InChI is InChI=1S/C14H17F2NO3S/c1-14(2,3)10(12(19)20)17-11(18)8-6-4-5-7-9(8)21-13(15)16/h4-7,10,13H,1-3H3,(H,17,18)(H,19,20)/t10-/m0/s1. The van der Waals surface area contributed by atoms with Gasteiger partial charge in [-0.15, -0.1) is 0 Å². The summed E-state index contributed by atoms with van der Waals surface area (Å²) < 4.78 is 25.0. The molecule has 0 spiro atoms. The largest absolute Gasteiger partial charge is 0.480 e.